The van der Waals surface area contributed by atoms with Crippen LogP contribution in [0, 0.1) is 6.92 Å². The summed E-state index contributed by atoms with van der Waals surface area (Å²) in [5.74, 6) is 0.862. The van der Waals surface area contributed by atoms with Crippen molar-refractivity contribution in [3.8, 4) is 0 Å². The maximum Gasteiger partial charge on any atom is 0.141 e. The fourth-order valence-corrected chi connectivity index (χ4v) is 2.66. The molecule has 2 N–H and O–H groups in total. The molecule has 0 aliphatic carbocycles. The van der Waals surface area contributed by atoms with Crippen LogP contribution in [0.25, 0.3) is 10.9 Å². The summed E-state index contributed by atoms with van der Waals surface area (Å²) in [5, 5.41) is 11.6. The molecule has 0 radical (unpaired) electrons. The molecule has 0 amide bonds. The molecule has 2 heterocycles. The minimum atomic E-state index is 0.148. The molecule has 2 aromatic heterocycles. The van der Waals surface area contributed by atoms with Crippen molar-refractivity contribution < 1.29 is 0 Å². The molecule has 5 nitrogen and oxygen atoms in total. The quantitative estimate of drug-likeness (QED) is 0.765. The lowest BCUT2D eigenvalue weighted by Gasteiger charge is -2.12. The largest absolute Gasteiger partial charge is 0.346 e. The van der Waals surface area contributed by atoms with Gasteiger partial charge in [-0.05, 0) is 25.5 Å². The molecule has 20 heavy (non-hydrogen) atoms. The van der Waals surface area contributed by atoms with Crippen molar-refractivity contribution in [2.45, 2.75) is 26.4 Å². The zero-order valence-corrected chi connectivity index (χ0v) is 12.0. The number of rotatable bonds is 4. The number of benzene rings is 1. The van der Waals surface area contributed by atoms with Crippen LogP contribution in [0.5, 0.6) is 0 Å². The van der Waals surface area contributed by atoms with Gasteiger partial charge in [0.05, 0.1) is 6.04 Å². The van der Waals surface area contributed by atoms with Crippen molar-refractivity contribution >= 4 is 10.9 Å². The van der Waals surface area contributed by atoms with E-state index >= 15 is 0 Å². The Morgan fingerprint density at radius 2 is 2.15 bits per heavy atom. The number of fused-ring (bicyclic) bond motifs is 1. The highest BCUT2D eigenvalue weighted by Gasteiger charge is 2.13. The van der Waals surface area contributed by atoms with E-state index in [0.717, 1.165) is 12.4 Å². The van der Waals surface area contributed by atoms with Crippen LogP contribution in [-0.2, 0) is 13.6 Å². The van der Waals surface area contributed by atoms with Crippen LogP contribution in [0.1, 0.15) is 30.0 Å². The number of hydrogen-bond acceptors (Lipinski definition) is 3. The molecule has 1 aromatic carbocycles. The third-order valence-corrected chi connectivity index (χ3v) is 3.93. The Kier molecular flexibility index (Phi) is 3.28. The van der Waals surface area contributed by atoms with E-state index in [1.54, 1.807) is 0 Å². The number of hydrogen-bond donors (Lipinski definition) is 2. The molecule has 104 valence electrons. The molecule has 0 saturated heterocycles. The molecule has 1 atom stereocenters. The molecule has 3 aromatic rings. The fraction of sp³-hybridized carbons (Fsp3) is 0.333. The van der Waals surface area contributed by atoms with Crippen LogP contribution in [0.3, 0.4) is 0 Å². The second-order valence-corrected chi connectivity index (χ2v) is 5.12. The molecule has 5 heteroatoms. The Balaban J connectivity index is 1.84. The minimum absolute atomic E-state index is 0.148. The van der Waals surface area contributed by atoms with Gasteiger partial charge >= 0.3 is 0 Å². The third-order valence-electron chi connectivity index (χ3n) is 3.93. The van der Waals surface area contributed by atoms with Crippen molar-refractivity contribution in [2.75, 3.05) is 0 Å². The van der Waals surface area contributed by atoms with Gasteiger partial charge in [-0.15, -0.1) is 0 Å². The minimum Gasteiger partial charge on any atom is -0.346 e. The number of nitrogens with zero attached hydrogens (tertiary/aromatic N) is 3. The SMILES string of the molecule is Cc1c(CNC(C)c2ncn[nH]2)n(C)c2ccccc12. The molecular weight excluding hydrogens is 250 g/mol. The lowest BCUT2D eigenvalue weighted by atomic mass is 10.1. The summed E-state index contributed by atoms with van der Waals surface area (Å²) in [6.07, 6.45) is 1.54. The van der Waals surface area contributed by atoms with Crippen LogP contribution in [0.15, 0.2) is 30.6 Å². The highest BCUT2D eigenvalue weighted by Crippen LogP contribution is 2.24. The number of aromatic amines is 1. The average molecular weight is 269 g/mol. The molecule has 0 spiro atoms. The number of aromatic nitrogens is 4. The van der Waals surface area contributed by atoms with Gasteiger partial charge in [-0.2, -0.15) is 5.10 Å². The van der Waals surface area contributed by atoms with E-state index in [2.05, 4.69) is 70.2 Å². The van der Waals surface area contributed by atoms with Crippen LogP contribution in [0.2, 0.25) is 0 Å². The fourth-order valence-electron chi connectivity index (χ4n) is 2.66. The van der Waals surface area contributed by atoms with Gasteiger partial charge in [0.1, 0.15) is 12.2 Å². The Hall–Kier alpha value is -2.14. The summed E-state index contributed by atoms with van der Waals surface area (Å²) in [5.41, 5.74) is 3.91. The van der Waals surface area contributed by atoms with E-state index in [1.807, 2.05) is 0 Å². The highest BCUT2D eigenvalue weighted by atomic mass is 15.2. The van der Waals surface area contributed by atoms with Crippen molar-refractivity contribution in [3.05, 3.63) is 47.7 Å². The van der Waals surface area contributed by atoms with Gasteiger partial charge in [0.15, 0.2) is 0 Å². The predicted molar refractivity (Wildman–Crippen MR) is 79.3 cm³/mol. The standard InChI is InChI=1S/C15H19N5/c1-10-12-6-4-5-7-13(12)20(3)14(10)8-16-11(2)15-17-9-18-19-15/h4-7,9,11,16H,8H2,1-3H3,(H,17,18,19). The molecule has 0 aliphatic rings. The first kappa shape index (κ1) is 12.9. The maximum atomic E-state index is 4.18. The number of aryl methyl sites for hydroxylation is 2. The Bertz CT molecular complexity index is 672. The summed E-state index contributed by atoms with van der Waals surface area (Å²) in [6.45, 7) is 5.07. The zero-order chi connectivity index (χ0) is 14.1. The zero-order valence-electron chi connectivity index (χ0n) is 12.0. The topological polar surface area (TPSA) is 58.5 Å². The highest BCUT2D eigenvalue weighted by molar-refractivity contribution is 5.85. The third kappa shape index (κ3) is 2.10. The summed E-state index contributed by atoms with van der Waals surface area (Å²) in [4.78, 5) is 4.18. The molecule has 1 unspecified atom stereocenters. The van der Waals surface area contributed by atoms with Crippen molar-refractivity contribution in [1.29, 1.82) is 0 Å². The maximum absolute atomic E-state index is 4.18. The molecule has 3 rings (SSSR count). The van der Waals surface area contributed by atoms with E-state index in [9.17, 15) is 0 Å². The first-order valence-corrected chi connectivity index (χ1v) is 6.80. The van der Waals surface area contributed by atoms with Gasteiger partial charge in [0.25, 0.3) is 0 Å². The molecular formula is C15H19N5. The Morgan fingerprint density at radius 1 is 1.35 bits per heavy atom. The monoisotopic (exact) mass is 269 g/mol. The smallest absolute Gasteiger partial charge is 0.141 e. The van der Waals surface area contributed by atoms with E-state index in [4.69, 9.17) is 0 Å². The van der Waals surface area contributed by atoms with Gasteiger partial charge in [-0.3, -0.25) is 5.10 Å². The Morgan fingerprint density at radius 3 is 2.85 bits per heavy atom. The van der Waals surface area contributed by atoms with Gasteiger partial charge < -0.3 is 9.88 Å². The summed E-state index contributed by atoms with van der Waals surface area (Å²) < 4.78 is 2.25. The van der Waals surface area contributed by atoms with Crippen LogP contribution >= 0.6 is 0 Å². The van der Waals surface area contributed by atoms with Crippen molar-refractivity contribution in [2.24, 2.45) is 7.05 Å². The van der Waals surface area contributed by atoms with E-state index < -0.39 is 0 Å². The summed E-state index contributed by atoms with van der Waals surface area (Å²) >= 11 is 0. The van der Waals surface area contributed by atoms with Crippen LogP contribution < -0.4 is 5.32 Å². The Labute approximate surface area is 118 Å². The normalized spacial score (nSPS) is 12.9. The van der Waals surface area contributed by atoms with Gasteiger partial charge in [-0.1, -0.05) is 18.2 Å². The van der Waals surface area contributed by atoms with E-state index in [0.29, 0.717) is 0 Å². The van der Waals surface area contributed by atoms with Crippen LogP contribution in [-0.4, -0.2) is 19.7 Å². The number of nitrogens with one attached hydrogen (secondary N) is 2. The number of para-hydroxylation sites is 1. The summed E-state index contributed by atoms with van der Waals surface area (Å²) in [7, 11) is 2.12. The van der Waals surface area contributed by atoms with E-state index in [-0.39, 0.29) is 6.04 Å². The number of H-pyrrole nitrogens is 1. The van der Waals surface area contributed by atoms with Crippen molar-refractivity contribution in [1.82, 2.24) is 25.1 Å². The molecule has 0 saturated carbocycles. The molecule has 0 aliphatic heterocycles. The molecule has 0 bridgehead atoms. The lowest BCUT2D eigenvalue weighted by Crippen LogP contribution is -2.21. The van der Waals surface area contributed by atoms with Crippen molar-refractivity contribution in [3.63, 3.8) is 0 Å². The van der Waals surface area contributed by atoms with Gasteiger partial charge in [0, 0.05) is 30.2 Å². The second kappa shape index (κ2) is 5.09. The van der Waals surface area contributed by atoms with Crippen LogP contribution in [0.4, 0.5) is 0 Å². The summed E-state index contributed by atoms with van der Waals surface area (Å²) in [6, 6.07) is 8.65. The van der Waals surface area contributed by atoms with Gasteiger partial charge in [0.2, 0.25) is 0 Å². The predicted octanol–water partition coefficient (Wildman–Crippen LogP) is 2.46. The van der Waals surface area contributed by atoms with Gasteiger partial charge in [-0.25, -0.2) is 4.98 Å². The lowest BCUT2D eigenvalue weighted by molar-refractivity contribution is 0.534. The first-order valence-electron chi connectivity index (χ1n) is 6.80. The molecule has 0 fully saturated rings. The second-order valence-electron chi connectivity index (χ2n) is 5.12. The first-order chi connectivity index (χ1) is 9.68. The average Bonchev–Trinajstić information content (AvgIpc) is 3.07. The van der Waals surface area contributed by atoms with E-state index in [1.165, 1.54) is 28.5 Å².